The number of fused-ring (bicyclic) bond motifs is 3. The van der Waals surface area contributed by atoms with Gasteiger partial charge in [-0.25, -0.2) is 0 Å². The monoisotopic (exact) mass is 432 g/mol. The average Bonchev–Trinajstić information content (AvgIpc) is 3.23. The Hall–Kier alpha value is -4.07. The van der Waals surface area contributed by atoms with Crippen molar-refractivity contribution >= 4 is 16.9 Å². The Morgan fingerprint density at radius 3 is 2.53 bits per heavy atom. The highest BCUT2D eigenvalue weighted by molar-refractivity contribution is 5.94. The number of esters is 1. The molecule has 0 aliphatic carbocycles. The van der Waals surface area contributed by atoms with Gasteiger partial charge in [-0.2, -0.15) is 5.10 Å². The number of aromatic nitrogens is 2. The van der Waals surface area contributed by atoms with E-state index in [1.165, 1.54) is 13.4 Å². The normalized spacial score (nSPS) is 15.3. The number of carbonyl (C=O) groups is 1. The van der Waals surface area contributed by atoms with Crippen LogP contribution < -0.4 is 19.6 Å². The lowest BCUT2D eigenvalue weighted by atomic mass is 9.87. The number of hydrogen-bond acceptors (Lipinski definition) is 7. The lowest BCUT2D eigenvalue weighted by Gasteiger charge is -2.26. The van der Waals surface area contributed by atoms with Crippen molar-refractivity contribution in [2.24, 2.45) is 7.05 Å². The summed E-state index contributed by atoms with van der Waals surface area (Å²) < 4.78 is 24.0. The quantitative estimate of drug-likeness (QED) is 0.359. The minimum absolute atomic E-state index is 0.109. The van der Waals surface area contributed by atoms with E-state index in [1.807, 2.05) is 6.07 Å². The summed E-state index contributed by atoms with van der Waals surface area (Å²) >= 11 is 0. The van der Waals surface area contributed by atoms with Gasteiger partial charge in [0.1, 0.15) is 34.5 Å². The molecular formula is C24H20N2O6. The Labute approximate surface area is 182 Å². The lowest BCUT2D eigenvalue weighted by Crippen LogP contribution is -2.23. The first-order valence-electron chi connectivity index (χ1n) is 10.0. The molecule has 32 heavy (non-hydrogen) atoms. The van der Waals surface area contributed by atoms with Gasteiger partial charge in [-0.3, -0.25) is 14.3 Å². The van der Waals surface area contributed by atoms with Crippen molar-refractivity contribution in [2.75, 3.05) is 14.2 Å². The van der Waals surface area contributed by atoms with Crippen molar-refractivity contribution in [2.45, 2.75) is 12.3 Å². The van der Waals surface area contributed by atoms with Crippen LogP contribution in [-0.2, 0) is 11.8 Å². The van der Waals surface area contributed by atoms with Gasteiger partial charge < -0.3 is 18.6 Å². The average molecular weight is 432 g/mol. The summed E-state index contributed by atoms with van der Waals surface area (Å²) in [6, 6.07) is 10.6. The number of ether oxygens (including phenoxy) is 3. The predicted octanol–water partition coefficient (Wildman–Crippen LogP) is 3.65. The Kier molecular flexibility index (Phi) is 4.70. The Morgan fingerprint density at radius 1 is 1.09 bits per heavy atom. The second kappa shape index (κ2) is 7.56. The zero-order valence-electron chi connectivity index (χ0n) is 17.7. The molecule has 8 nitrogen and oxygen atoms in total. The van der Waals surface area contributed by atoms with Crippen LogP contribution in [0, 0.1) is 0 Å². The number of benzene rings is 2. The van der Waals surface area contributed by atoms with E-state index in [2.05, 4.69) is 5.10 Å². The van der Waals surface area contributed by atoms with Crippen LogP contribution in [0.15, 0.2) is 58.1 Å². The Balaban J connectivity index is 1.78. The summed E-state index contributed by atoms with van der Waals surface area (Å²) in [5.41, 5.74) is 2.62. The van der Waals surface area contributed by atoms with Gasteiger partial charge in [0.05, 0.1) is 26.2 Å². The molecule has 1 aliphatic rings. The van der Waals surface area contributed by atoms with Gasteiger partial charge in [0.2, 0.25) is 5.43 Å². The van der Waals surface area contributed by atoms with Crippen molar-refractivity contribution in [3.63, 3.8) is 0 Å². The fourth-order valence-electron chi connectivity index (χ4n) is 4.23. The highest BCUT2D eigenvalue weighted by atomic mass is 16.5. The summed E-state index contributed by atoms with van der Waals surface area (Å²) in [7, 11) is 4.85. The van der Waals surface area contributed by atoms with E-state index in [4.69, 9.17) is 18.6 Å². The molecule has 162 valence electrons. The number of carbonyl (C=O) groups excluding carboxylic acids is 1. The van der Waals surface area contributed by atoms with Gasteiger partial charge in [0.25, 0.3) is 0 Å². The number of rotatable bonds is 4. The molecule has 5 rings (SSSR count). The minimum atomic E-state index is -0.373. The Morgan fingerprint density at radius 2 is 1.88 bits per heavy atom. The number of hydrogen-bond donors (Lipinski definition) is 0. The first-order valence-corrected chi connectivity index (χ1v) is 10.0. The molecule has 0 N–H and O–H groups in total. The van der Waals surface area contributed by atoms with Gasteiger partial charge in [0, 0.05) is 36.5 Å². The SMILES string of the molecule is COc1ccc(-c2coc3c4c(cc(OC)c3c2=O)OC(=O)C[C@H]4c2ccnn2C)cc1. The third kappa shape index (κ3) is 3.03. The van der Waals surface area contributed by atoms with Gasteiger partial charge in [-0.05, 0) is 23.8 Å². The summed E-state index contributed by atoms with van der Waals surface area (Å²) in [6.07, 6.45) is 3.21. The largest absolute Gasteiger partial charge is 0.497 e. The summed E-state index contributed by atoms with van der Waals surface area (Å²) in [6.45, 7) is 0. The van der Waals surface area contributed by atoms with E-state index in [-0.39, 0.29) is 29.5 Å². The number of methoxy groups -OCH3 is 2. The maximum absolute atomic E-state index is 13.6. The molecule has 2 aromatic carbocycles. The van der Waals surface area contributed by atoms with Crippen LogP contribution in [0.4, 0.5) is 0 Å². The standard InChI is InChI=1S/C24H20N2O6/c1-26-17(8-9-25-26)15-10-20(27)32-19-11-18(30-3)22-23(28)16(12-31-24(22)21(15)19)13-4-6-14(29-2)7-5-13/h4-9,11-12,15H,10H2,1-3H3/t15-/m0/s1. The van der Waals surface area contributed by atoms with E-state index in [0.29, 0.717) is 39.2 Å². The van der Waals surface area contributed by atoms with Crippen molar-refractivity contribution in [3.8, 4) is 28.4 Å². The molecule has 0 saturated carbocycles. The number of aryl methyl sites for hydroxylation is 1. The first kappa shape index (κ1) is 19.9. The smallest absolute Gasteiger partial charge is 0.312 e. The Bertz CT molecular complexity index is 1400. The van der Waals surface area contributed by atoms with E-state index >= 15 is 0 Å². The zero-order chi connectivity index (χ0) is 22.4. The van der Waals surface area contributed by atoms with Crippen LogP contribution >= 0.6 is 0 Å². The van der Waals surface area contributed by atoms with Crippen LogP contribution in [0.3, 0.4) is 0 Å². The second-order valence-corrected chi connectivity index (χ2v) is 7.51. The summed E-state index contributed by atoms with van der Waals surface area (Å²) in [5.74, 6) is 0.536. The van der Waals surface area contributed by atoms with Gasteiger partial charge in [0.15, 0.2) is 0 Å². The van der Waals surface area contributed by atoms with E-state index in [0.717, 1.165) is 5.69 Å². The number of nitrogens with zero attached hydrogens (tertiary/aromatic N) is 2. The van der Waals surface area contributed by atoms with Crippen molar-refractivity contribution in [3.05, 3.63) is 70.3 Å². The van der Waals surface area contributed by atoms with Crippen LogP contribution in [0.1, 0.15) is 23.6 Å². The topological polar surface area (TPSA) is 92.8 Å². The molecule has 0 radical (unpaired) electrons. The third-order valence-corrected chi connectivity index (χ3v) is 5.79. The van der Waals surface area contributed by atoms with Crippen molar-refractivity contribution < 1.29 is 23.4 Å². The van der Waals surface area contributed by atoms with E-state index in [1.54, 1.807) is 55.4 Å². The molecule has 0 bridgehead atoms. The molecule has 0 spiro atoms. The maximum Gasteiger partial charge on any atom is 0.312 e. The van der Waals surface area contributed by atoms with Crippen LogP contribution in [0.25, 0.3) is 22.1 Å². The zero-order valence-corrected chi connectivity index (χ0v) is 17.7. The van der Waals surface area contributed by atoms with Crippen molar-refractivity contribution in [1.29, 1.82) is 0 Å². The molecule has 0 fully saturated rings. The molecule has 0 amide bonds. The van der Waals surface area contributed by atoms with E-state index in [9.17, 15) is 9.59 Å². The molecule has 0 saturated heterocycles. The molecule has 1 atom stereocenters. The first-order chi connectivity index (χ1) is 15.5. The molecule has 0 unspecified atom stereocenters. The molecule has 8 heteroatoms. The van der Waals surface area contributed by atoms with Gasteiger partial charge in [-0.15, -0.1) is 0 Å². The molecular weight excluding hydrogens is 412 g/mol. The molecule has 3 heterocycles. The molecule has 4 aromatic rings. The van der Waals surface area contributed by atoms with Crippen molar-refractivity contribution in [1.82, 2.24) is 9.78 Å². The second-order valence-electron chi connectivity index (χ2n) is 7.51. The predicted molar refractivity (Wildman–Crippen MR) is 116 cm³/mol. The van der Waals surface area contributed by atoms with Crippen LogP contribution in [0.2, 0.25) is 0 Å². The molecule has 2 aromatic heterocycles. The minimum Gasteiger partial charge on any atom is -0.497 e. The maximum atomic E-state index is 13.6. The van der Waals surface area contributed by atoms with E-state index < -0.39 is 0 Å². The highest BCUT2D eigenvalue weighted by Gasteiger charge is 2.35. The lowest BCUT2D eigenvalue weighted by molar-refractivity contribution is -0.135. The van der Waals surface area contributed by atoms with Gasteiger partial charge in [-0.1, -0.05) is 12.1 Å². The third-order valence-electron chi connectivity index (χ3n) is 5.79. The summed E-state index contributed by atoms with van der Waals surface area (Å²) in [5, 5.41) is 4.52. The van der Waals surface area contributed by atoms with Crippen LogP contribution in [-0.4, -0.2) is 30.0 Å². The highest BCUT2D eigenvalue weighted by Crippen LogP contribution is 2.45. The van der Waals surface area contributed by atoms with Crippen LogP contribution in [0.5, 0.6) is 17.2 Å². The molecule has 1 aliphatic heterocycles. The fourth-order valence-corrected chi connectivity index (χ4v) is 4.23. The summed E-state index contributed by atoms with van der Waals surface area (Å²) in [4.78, 5) is 25.9. The fraction of sp³-hybridized carbons (Fsp3) is 0.208. The van der Waals surface area contributed by atoms with Gasteiger partial charge >= 0.3 is 5.97 Å².